The van der Waals surface area contributed by atoms with Crippen molar-refractivity contribution in [2.24, 2.45) is 0 Å². The fraction of sp³-hybridized carbons (Fsp3) is 0.115. The Morgan fingerprint density at radius 1 is 0.943 bits per heavy atom. The van der Waals surface area contributed by atoms with Crippen molar-refractivity contribution in [3.63, 3.8) is 0 Å². The van der Waals surface area contributed by atoms with E-state index in [0.717, 1.165) is 28.5 Å². The Bertz CT molecular complexity index is 1440. The van der Waals surface area contributed by atoms with Gasteiger partial charge < -0.3 is 10.1 Å². The van der Waals surface area contributed by atoms with Crippen molar-refractivity contribution < 1.29 is 17.5 Å². The molecule has 9 heteroatoms. The minimum absolute atomic E-state index is 0.0299. The highest BCUT2D eigenvalue weighted by molar-refractivity contribution is 7.86. The largest absolute Gasteiger partial charge is 0.358 e. The average molecular weight is 490 g/mol. The second-order valence-electron chi connectivity index (χ2n) is 7.79. The molecular formula is C26H23N3O5S. The van der Waals surface area contributed by atoms with Crippen molar-refractivity contribution in [3.05, 3.63) is 112 Å². The van der Waals surface area contributed by atoms with Crippen molar-refractivity contribution >= 4 is 28.1 Å². The summed E-state index contributed by atoms with van der Waals surface area (Å²) in [5, 5.41) is 11.5. The Kier molecular flexibility index (Phi) is 7.19. The molecule has 0 unspecified atom stereocenters. The summed E-state index contributed by atoms with van der Waals surface area (Å²) >= 11 is 0. The molecule has 0 aliphatic heterocycles. The molecule has 4 rings (SSSR count). The normalized spacial score (nSPS) is 11.7. The molecule has 35 heavy (non-hydrogen) atoms. The van der Waals surface area contributed by atoms with Gasteiger partial charge in [-0.1, -0.05) is 72.3 Å². The lowest BCUT2D eigenvalue weighted by Gasteiger charge is -2.06. The monoisotopic (exact) mass is 489 g/mol. The molecule has 4 aromatic rings. The van der Waals surface area contributed by atoms with E-state index in [2.05, 4.69) is 4.98 Å². The lowest BCUT2D eigenvalue weighted by atomic mass is 10.0. The van der Waals surface area contributed by atoms with E-state index in [1.54, 1.807) is 24.3 Å². The molecule has 0 saturated carbocycles. The van der Waals surface area contributed by atoms with Crippen LogP contribution in [0.25, 0.3) is 23.3 Å². The highest BCUT2D eigenvalue weighted by atomic mass is 32.2. The summed E-state index contributed by atoms with van der Waals surface area (Å²) in [6, 6.07) is 24.1. The van der Waals surface area contributed by atoms with Crippen LogP contribution in [0.5, 0.6) is 0 Å². The number of nitro groups is 1. The predicted octanol–water partition coefficient (Wildman–Crippen LogP) is 5.34. The van der Waals surface area contributed by atoms with Crippen LogP contribution in [0.4, 0.5) is 5.82 Å². The lowest BCUT2D eigenvalue weighted by molar-refractivity contribution is -0.392. The minimum atomic E-state index is -3.98. The van der Waals surface area contributed by atoms with Crippen molar-refractivity contribution in [2.45, 2.75) is 18.4 Å². The predicted molar refractivity (Wildman–Crippen MR) is 134 cm³/mol. The van der Waals surface area contributed by atoms with Crippen LogP contribution >= 0.6 is 0 Å². The van der Waals surface area contributed by atoms with E-state index >= 15 is 0 Å². The molecule has 0 aliphatic carbocycles. The summed E-state index contributed by atoms with van der Waals surface area (Å²) in [7, 11) is -3.98. The molecule has 0 aliphatic rings. The van der Waals surface area contributed by atoms with Crippen molar-refractivity contribution in [1.29, 1.82) is 0 Å². The molecule has 0 fully saturated rings. The minimum Gasteiger partial charge on any atom is -0.358 e. The molecule has 178 valence electrons. The second kappa shape index (κ2) is 10.5. The first-order valence-electron chi connectivity index (χ1n) is 10.8. The number of nitrogens with zero attached hydrogens (tertiary/aromatic N) is 3. The van der Waals surface area contributed by atoms with E-state index in [-0.39, 0.29) is 23.9 Å². The third kappa shape index (κ3) is 5.89. The Morgan fingerprint density at radius 3 is 2.26 bits per heavy atom. The van der Waals surface area contributed by atoms with Gasteiger partial charge in [-0.3, -0.25) is 4.18 Å². The Hall–Kier alpha value is -4.08. The summed E-state index contributed by atoms with van der Waals surface area (Å²) in [4.78, 5) is 15.1. The van der Waals surface area contributed by atoms with Crippen LogP contribution in [0, 0.1) is 17.0 Å². The van der Waals surface area contributed by atoms with Gasteiger partial charge in [-0.25, -0.2) is 9.55 Å². The van der Waals surface area contributed by atoms with Crippen LogP contribution in [0.3, 0.4) is 0 Å². The van der Waals surface area contributed by atoms with E-state index in [0.29, 0.717) is 5.82 Å². The number of imidazole rings is 1. The van der Waals surface area contributed by atoms with Gasteiger partial charge >= 0.3 is 5.82 Å². The molecule has 1 aromatic heterocycles. The summed E-state index contributed by atoms with van der Waals surface area (Å²) in [5.74, 6) is 0.0700. The Morgan fingerprint density at radius 2 is 1.60 bits per heavy atom. The van der Waals surface area contributed by atoms with E-state index in [1.165, 1.54) is 16.7 Å². The molecule has 0 radical (unpaired) electrons. The van der Waals surface area contributed by atoms with Crippen LogP contribution in [-0.2, 0) is 20.8 Å². The maximum absolute atomic E-state index is 12.4. The number of hydrogen-bond donors (Lipinski definition) is 0. The van der Waals surface area contributed by atoms with Gasteiger partial charge in [-0.05, 0) is 46.7 Å². The van der Waals surface area contributed by atoms with E-state index < -0.39 is 15.0 Å². The molecule has 1 heterocycles. The first kappa shape index (κ1) is 24.1. The van der Waals surface area contributed by atoms with Gasteiger partial charge in [0.05, 0.1) is 4.90 Å². The first-order chi connectivity index (χ1) is 16.8. The van der Waals surface area contributed by atoms with Gasteiger partial charge in [0.2, 0.25) is 5.82 Å². The fourth-order valence-electron chi connectivity index (χ4n) is 3.49. The number of benzene rings is 3. The summed E-state index contributed by atoms with van der Waals surface area (Å²) in [6.45, 7) is 1.51. The van der Waals surface area contributed by atoms with Gasteiger partial charge in [-0.2, -0.15) is 8.42 Å². The van der Waals surface area contributed by atoms with Gasteiger partial charge in [-0.15, -0.1) is 0 Å². The third-order valence-electron chi connectivity index (χ3n) is 5.36. The summed E-state index contributed by atoms with van der Waals surface area (Å²) < 4.78 is 31.3. The highest BCUT2D eigenvalue weighted by Crippen LogP contribution is 2.21. The molecular weight excluding hydrogens is 466 g/mol. The van der Waals surface area contributed by atoms with E-state index in [1.807, 2.05) is 61.5 Å². The van der Waals surface area contributed by atoms with Crippen LogP contribution in [0.1, 0.15) is 17.0 Å². The molecule has 0 amide bonds. The van der Waals surface area contributed by atoms with Crippen molar-refractivity contribution in [2.75, 3.05) is 6.61 Å². The molecule has 3 aromatic carbocycles. The maximum Gasteiger partial charge on any atom is 0.343 e. The fourth-order valence-corrected chi connectivity index (χ4v) is 4.39. The number of rotatable bonds is 9. The van der Waals surface area contributed by atoms with Crippen LogP contribution in [0.2, 0.25) is 0 Å². The number of aromatic nitrogens is 2. The zero-order valence-electron chi connectivity index (χ0n) is 18.9. The van der Waals surface area contributed by atoms with Gasteiger partial charge in [0, 0.05) is 6.08 Å². The molecule has 0 atom stereocenters. The smallest absolute Gasteiger partial charge is 0.343 e. The van der Waals surface area contributed by atoms with Crippen LogP contribution in [-0.4, -0.2) is 29.5 Å². The second-order valence-corrected chi connectivity index (χ2v) is 9.41. The molecule has 0 spiro atoms. The van der Waals surface area contributed by atoms with E-state index in [4.69, 9.17) is 4.18 Å². The molecule has 8 nitrogen and oxygen atoms in total. The van der Waals surface area contributed by atoms with Crippen molar-refractivity contribution in [3.8, 4) is 11.1 Å². The molecule has 0 bridgehead atoms. The maximum atomic E-state index is 12.4. The van der Waals surface area contributed by atoms with Crippen molar-refractivity contribution in [1.82, 2.24) is 9.55 Å². The van der Waals surface area contributed by atoms with E-state index in [9.17, 15) is 18.5 Å². The first-order valence-corrected chi connectivity index (χ1v) is 12.2. The highest BCUT2D eigenvalue weighted by Gasteiger charge is 2.21. The van der Waals surface area contributed by atoms with Gasteiger partial charge in [0.1, 0.15) is 19.3 Å². The SMILES string of the molecule is Cc1ccc(S(=O)(=O)OCCn2c([N+](=O)[O-])cnc2C=Cc2ccc(-c3ccccc3)cc2)cc1. The lowest BCUT2D eigenvalue weighted by Crippen LogP contribution is -2.14. The molecule has 0 N–H and O–H groups in total. The average Bonchev–Trinajstić information content (AvgIpc) is 3.27. The van der Waals surface area contributed by atoms with Crippen LogP contribution in [0.15, 0.2) is 90.0 Å². The zero-order valence-corrected chi connectivity index (χ0v) is 19.8. The summed E-state index contributed by atoms with van der Waals surface area (Å²) in [6.07, 6.45) is 4.59. The zero-order chi connectivity index (χ0) is 24.8. The Balaban J connectivity index is 1.48. The third-order valence-corrected chi connectivity index (χ3v) is 6.68. The number of aryl methyl sites for hydroxylation is 1. The molecule has 0 saturated heterocycles. The van der Waals surface area contributed by atoms with Gasteiger partial charge in [0.25, 0.3) is 10.1 Å². The van der Waals surface area contributed by atoms with Crippen LogP contribution < -0.4 is 0 Å². The van der Waals surface area contributed by atoms with Gasteiger partial charge in [0.15, 0.2) is 0 Å². The number of hydrogen-bond acceptors (Lipinski definition) is 6. The quantitative estimate of drug-likeness (QED) is 0.178. The topological polar surface area (TPSA) is 104 Å². The standard InChI is InChI=1S/C26H23N3O5S/c1-20-7-14-24(15-8-20)35(32,33)34-18-17-28-25(27-19-26(28)29(30)31)16-11-21-9-12-23(13-10-21)22-5-3-2-4-6-22/h2-16,19H,17-18H2,1H3. The summed E-state index contributed by atoms with van der Waals surface area (Å²) in [5.41, 5.74) is 3.99. The Labute approximate surface area is 203 Å².